The molecule has 0 saturated carbocycles. The fraction of sp³-hybridized carbons (Fsp3) is 0. The summed E-state index contributed by atoms with van der Waals surface area (Å²) in [6.45, 7) is 0. The number of fused-ring (bicyclic) bond motifs is 1. The topological polar surface area (TPSA) is 57.8 Å². The zero-order chi connectivity index (χ0) is 14.1. The van der Waals surface area contributed by atoms with Gasteiger partial charge in [-0.1, -0.05) is 11.6 Å². The smallest absolute Gasteiger partial charge is 0.255 e. The van der Waals surface area contributed by atoms with Crippen LogP contribution in [0.4, 0.5) is 5.69 Å². The van der Waals surface area contributed by atoms with E-state index in [1.54, 1.807) is 12.1 Å². The monoisotopic (exact) mass is 349 g/mol. The van der Waals surface area contributed by atoms with Crippen LogP contribution in [-0.2, 0) is 0 Å². The predicted molar refractivity (Wildman–Crippen MR) is 83.2 cm³/mol. The Labute approximate surface area is 128 Å². The molecule has 0 saturated heterocycles. The number of halogens is 2. The molecule has 2 heterocycles. The summed E-state index contributed by atoms with van der Waals surface area (Å²) in [4.78, 5) is 19.2. The summed E-state index contributed by atoms with van der Waals surface area (Å²) in [5.74, 6) is -0.191. The number of carbonyl (C=O) groups is 1. The van der Waals surface area contributed by atoms with Gasteiger partial charge < -0.3 is 10.3 Å². The highest BCUT2D eigenvalue weighted by atomic mass is 79.9. The van der Waals surface area contributed by atoms with E-state index in [1.807, 2.05) is 24.4 Å². The van der Waals surface area contributed by atoms with Crippen LogP contribution in [0.25, 0.3) is 10.9 Å². The van der Waals surface area contributed by atoms with Crippen molar-refractivity contribution in [3.63, 3.8) is 0 Å². The van der Waals surface area contributed by atoms with Gasteiger partial charge in [0.15, 0.2) is 0 Å². The maximum atomic E-state index is 12.2. The lowest BCUT2D eigenvalue weighted by Gasteiger charge is -2.06. The molecule has 0 spiro atoms. The minimum Gasteiger partial charge on any atom is -0.361 e. The van der Waals surface area contributed by atoms with Crippen molar-refractivity contribution in [1.29, 1.82) is 0 Å². The number of carbonyl (C=O) groups excluding carboxylic acids is 1. The third kappa shape index (κ3) is 2.55. The molecule has 2 aromatic heterocycles. The highest BCUT2D eigenvalue weighted by Crippen LogP contribution is 2.23. The molecule has 0 fully saturated rings. The molecule has 0 aliphatic rings. The van der Waals surface area contributed by atoms with Crippen LogP contribution in [-0.4, -0.2) is 15.9 Å². The molecular weight excluding hydrogens is 342 g/mol. The number of nitrogens with one attached hydrogen (secondary N) is 2. The van der Waals surface area contributed by atoms with Gasteiger partial charge in [0.05, 0.1) is 16.4 Å². The van der Waals surface area contributed by atoms with Crippen molar-refractivity contribution in [3.8, 4) is 0 Å². The summed E-state index contributed by atoms with van der Waals surface area (Å²) in [5, 5.41) is 4.13. The van der Waals surface area contributed by atoms with Crippen molar-refractivity contribution in [2.24, 2.45) is 0 Å². The molecule has 6 heteroatoms. The third-order valence-electron chi connectivity index (χ3n) is 2.87. The van der Waals surface area contributed by atoms with Crippen LogP contribution in [0.5, 0.6) is 0 Å². The number of H-pyrrole nitrogens is 1. The maximum absolute atomic E-state index is 12.2. The van der Waals surface area contributed by atoms with Gasteiger partial charge >= 0.3 is 0 Å². The normalized spacial score (nSPS) is 10.7. The summed E-state index contributed by atoms with van der Waals surface area (Å²) in [6, 6.07) is 9.11. The van der Waals surface area contributed by atoms with Gasteiger partial charge in [0.2, 0.25) is 0 Å². The number of nitrogens with zero attached hydrogens (tertiary/aromatic N) is 1. The van der Waals surface area contributed by atoms with Crippen LogP contribution in [0.15, 0.2) is 47.2 Å². The van der Waals surface area contributed by atoms with Crippen LogP contribution < -0.4 is 5.32 Å². The standard InChI is InChI=1S/C14H9BrClN3O/c15-11-6-10(7-18-13(11)16)19-14(20)9-1-2-12-8(5-9)3-4-17-12/h1-7,17H,(H,19,20). The molecule has 0 unspecified atom stereocenters. The minimum atomic E-state index is -0.191. The van der Waals surface area contributed by atoms with E-state index in [-0.39, 0.29) is 5.91 Å². The summed E-state index contributed by atoms with van der Waals surface area (Å²) in [7, 11) is 0. The SMILES string of the molecule is O=C(Nc1cnc(Cl)c(Br)c1)c1ccc2[nH]ccc2c1. The van der Waals surface area contributed by atoms with E-state index in [0.717, 1.165) is 10.9 Å². The fourth-order valence-electron chi connectivity index (χ4n) is 1.89. The lowest BCUT2D eigenvalue weighted by Crippen LogP contribution is -2.11. The molecule has 2 N–H and O–H groups in total. The molecule has 1 aromatic carbocycles. The number of hydrogen-bond donors (Lipinski definition) is 2. The Hall–Kier alpha value is -1.85. The Morgan fingerprint density at radius 2 is 2.15 bits per heavy atom. The molecule has 20 heavy (non-hydrogen) atoms. The second kappa shape index (κ2) is 5.26. The van der Waals surface area contributed by atoms with Crippen LogP contribution in [0, 0.1) is 0 Å². The van der Waals surface area contributed by atoms with E-state index in [2.05, 4.69) is 31.2 Å². The highest BCUT2D eigenvalue weighted by molar-refractivity contribution is 9.10. The molecule has 4 nitrogen and oxygen atoms in total. The molecule has 3 aromatic rings. The van der Waals surface area contributed by atoms with E-state index in [4.69, 9.17) is 11.6 Å². The lowest BCUT2D eigenvalue weighted by atomic mass is 10.1. The fourth-order valence-corrected chi connectivity index (χ4v) is 2.34. The van der Waals surface area contributed by atoms with E-state index >= 15 is 0 Å². The predicted octanol–water partition coefficient (Wildman–Crippen LogP) is 4.23. The molecule has 0 aliphatic carbocycles. The quantitative estimate of drug-likeness (QED) is 0.679. The molecule has 1 amide bonds. The molecule has 0 radical (unpaired) electrons. The van der Waals surface area contributed by atoms with Crippen LogP contribution in [0.1, 0.15) is 10.4 Å². The zero-order valence-electron chi connectivity index (χ0n) is 10.2. The van der Waals surface area contributed by atoms with E-state index in [0.29, 0.717) is 20.9 Å². The largest absolute Gasteiger partial charge is 0.361 e. The molecule has 3 rings (SSSR count). The summed E-state index contributed by atoms with van der Waals surface area (Å²) < 4.78 is 0.637. The van der Waals surface area contributed by atoms with E-state index in [9.17, 15) is 4.79 Å². The van der Waals surface area contributed by atoms with Crippen molar-refractivity contribution in [3.05, 3.63) is 57.9 Å². The van der Waals surface area contributed by atoms with Gasteiger partial charge in [-0.05, 0) is 46.3 Å². The first-order valence-electron chi connectivity index (χ1n) is 5.83. The Bertz CT molecular complexity index is 800. The van der Waals surface area contributed by atoms with Crippen molar-refractivity contribution < 1.29 is 4.79 Å². The van der Waals surface area contributed by atoms with E-state index in [1.165, 1.54) is 6.20 Å². The number of amides is 1. The van der Waals surface area contributed by atoms with Crippen LogP contribution in [0.2, 0.25) is 5.15 Å². The second-order valence-corrected chi connectivity index (χ2v) is 5.44. The number of pyridine rings is 1. The van der Waals surface area contributed by atoms with Gasteiger partial charge in [-0.2, -0.15) is 0 Å². The highest BCUT2D eigenvalue weighted by Gasteiger charge is 2.08. The summed E-state index contributed by atoms with van der Waals surface area (Å²) in [5.41, 5.74) is 2.17. The molecule has 0 atom stereocenters. The first kappa shape index (κ1) is 13.1. The van der Waals surface area contributed by atoms with E-state index < -0.39 is 0 Å². The summed E-state index contributed by atoms with van der Waals surface area (Å²) in [6.07, 6.45) is 3.35. The Morgan fingerprint density at radius 3 is 2.95 bits per heavy atom. The zero-order valence-corrected chi connectivity index (χ0v) is 12.5. The van der Waals surface area contributed by atoms with Gasteiger partial charge in [0.25, 0.3) is 5.91 Å². The van der Waals surface area contributed by atoms with Crippen molar-refractivity contribution >= 4 is 50.0 Å². The van der Waals surface area contributed by atoms with Gasteiger partial charge in [-0.25, -0.2) is 4.98 Å². The maximum Gasteiger partial charge on any atom is 0.255 e. The molecule has 0 aliphatic heterocycles. The number of rotatable bonds is 2. The van der Waals surface area contributed by atoms with Crippen molar-refractivity contribution in [2.75, 3.05) is 5.32 Å². The third-order valence-corrected chi connectivity index (χ3v) is 4.00. The number of aromatic amines is 1. The molecule has 100 valence electrons. The number of hydrogen-bond acceptors (Lipinski definition) is 2. The van der Waals surface area contributed by atoms with Gasteiger partial charge in [0.1, 0.15) is 5.15 Å². The van der Waals surface area contributed by atoms with Crippen molar-refractivity contribution in [2.45, 2.75) is 0 Å². The van der Waals surface area contributed by atoms with Crippen LogP contribution >= 0.6 is 27.5 Å². The first-order valence-corrected chi connectivity index (χ1v) is 7.00. The first-order chi connectivity index (χ1) is 9.63. The average molecular weight is 351 g/mol. The molecular formula is C14H9BrClN3O. The molecule has 0 bridgehead atoms. The van der Waals surface area contributed by atoms with Crippen molar-refractivity contribution in [1.82, 2.24) is 9.97 Å². The Kier molecular flexibility index (Phi) is 3.46. The average Bonchev–Trinajstić information content (AvgIpc) is 2.90. The van der Waals surface area contributed by atoms with Gasteiger partial charge in [0, 0.05) is 22.7 Å². The van der Waals surface area contributed by atoms with Crippen LogP contribution in [0.3, 0.4) is 0 Å². The number of anilines is 1. The Morgan fingerprint density at radius 1 is 1.30 bits per heavy atom. The second-order valence-electron chi connectivity index (χ2n) is 4.23. The lowest BCUT2D eigenvalue weighted by molar-refractivity contribution is 0.102. The van der Waals surface area contributed by atoms with Gasteiger partial charge in [-0.3, -0.25) is 4.79 Å². The number of benzene rings is 1. The number of aromatic nitrogens is 2. The van der Waals surface area contributed by atoms with Gasteiger partial charge in [-0.15, -0.1) is 0 Å². The summed E-state index contributed by atoms with van der Waals surface area (Å²) >= 11 is 9.08. The Balaban J connectivity index is 1.86. The minimum absolute atomic E-state index is 0.191.